The van der Waals surface area contributed by atoms with Crippen LogP contribution in [-0.4, -0.2) is 40.3 Å². The van der Waals surface area contributed by atoms with Gasteiger partial charge in [-0.1, -0.05) is 0 Å². The largest absolute Gasteiger partial charge is 0.394 e. The highest BCUT2D eigenvalue weighted by Crippen LogP contribution is 1.94. The van der Waals surface area contributed by atoms with E-state index in [1.54, 1.807) is 0 Å². The van der Waals surface area contributed by atoms with Crippen LogP contribution in [0.25, 0.3) is 0 Å². The van der Waals surface area contributed by atoms with Crippen molar-refractivity contribution >= 4 is 6.21 Å². The number of aliphatic hydroxyl groups excluding tert-OH is 3. The lowest BCUT2D eigenvalue weighted by Gasteiger charge is -2.11. The van der Waals surface area contributed by atoms with Gasteiger partial charge in [0.1, 0.15) is 6.10 Å². The van der Waals surface area contributed by atoms with Gasteiger partial charge in [0.25, 0.3) is 0 Å². The topological polar surface area (TPSA) is 84.5 Å². The van der Waals surface area contributed by atoms with Gasteiger partial charge in [0.2, 0.25) is 0 Å². The van der Waals surface area contributed by atoms with E-state index >= 15 is 0 Å². The van der Waals surface area contributed by atoms with Gasteiger partial charge in [0, 0.05) is 6.42 Å². The van der Waals surface area contributed by atoms with Crippen molar-refractivity contribution in [2.24, 2.45) is 0 Å². The van der Waals surface area contributed by atoms with Crippen molar-refractivity contribution in [3.8, 4) is 0 Å². The molecule has 4 N–H and O–H groups in total. The Morgan fingerprint density at radius 2 is 1.89 bits per heavy atom. The summed E-state index contributed by atoms with van der Waals surface area (Å²) >= 11 is 0. The number of rotatable bonds is 4. The molecule has 54 valence electrons. The maximum absolute atomic E-state index is 8.76. The molecule has 0 radical (unpaired) electrons. The number of hydrogen-bond donors (Lipinski definition) is 4. The average Bonchev–Trinajstić information content (AvgIpc) is 1.87. The van der Waals surface area contributed by atoms with Gasteiger partial charge in [-0.2, -0.15) is 0 Å². The second-order valence-electron chi connectivity index (χ2n) is 1.76. The van der Waals surface area contributed by atoms with Gasteiger partial charge in [-0.3, -0.25) is 0 Å². The van der Waals surface area contributed by atoms with Crippen molar-refractivity contribution in [3.05, 3.63) is 0 Å². The molecule has 0 saturated carbocycles. The Hall–Kier alpha value is -0.450. The normalized spacial score (nSPS) is 16.8. The summed E-state index contributed by atoms with van der Waals surface area (Å²) in [7, 11) is 0. The summed E-state index contributed by atoms with van der Waals surface area (Å²) in [6.07, 6.45) is -1.05. The van der Waals surface area contributed by atoms with E-state index in [-0.39, 0.29) is 6.42 Å². The van der Waals surface area contributed by atoms with Crippen molar-refractivity contribution < 1.29 is 15.3 Å². The fourth-order valence-corrected chi connectivity index (χ4v) is 0.400. The first-order valence-electron chi connectivity index (χ1n) is 2.68. The third kappa shape index (κ3) is 3.18. The van der Waals surface area contributed by atoms with Gasteiger partial charge in [0.05, 0.1) is 12.7 Å². The van der Waals surface area contributed by atoms with E-state index in [0.717, 1.165) is 6.21 Å². The molecule has 0 bridgehead atoms. The van der Waals surface area contributed by atoms with Crippen LogP contribution in [0.5, 0.6) is 0 Å². The summed E-state index contributed by atoms with van der Waals surface area (Å²) in [6, 6.07) is 0. The summed E-state index contributed by atoms with van der Waals surface area (Å²) in [6.45, 7) is -0.463. The number of aliphatic hydroxyl groups is 3. The first-order chi connectivity index (χ1) is 4.22. The molecule has 0 aromatic carbocycles. The van der Waals surface area contributed by atoms with Gasteiger partial charge in [-0.25, -0.2) is 0 Å². The van der Waals surface area contributed by atoms with Gasteiger partial charge < -0.3 is 20.7 Å². The quantitative estimate of drug-likeness (QED) is 0.361. The Morgan fingerprint density at radius 3 is 2.22 bits per heavy atom. The molecule has 2 unspecified atom stereocenters. The molecule has 0 saturated heterocycles. The number of nitrogens with one attached hydrogen (secondary N) is 1. The molecule has 0 heterocycles. The summed E-state index contributed by atoms with van der Waals surface area (Å²) in [4.78, 5) is 0. The van der Waals surface area contributed by atoms with Gasteiger partial charge in [-0.05, 0) is 6.21 Å². The summed E-state index contributed by atoms with van der Waals surface area (Å²) in [5.41, 5.74) is 0. The van der Waals surface area contributed by atoms with Crippen LogP contribution in [0.15, 0.2) is 0 Å². The van der Waals surface area contributed by atoms with E-state index in [1.165, 1.54) is 0 Å². The molecule has 0 aromatic heterocycles. The lowest BCUT2D eigenvalue weighted by Crippen LogP contribution is -2.29. The van der Waals surface area contributed by atoms with Crippen molar-refractivity contribution in [1.29, 1.82) is 5.41 Å². The molecule has 0 amide bonds. The Labute approximate surface area is 53.3 Å². The molecule has 4 nitrogen and oxygen atoms in total. The van der Waals surface area contributed by atoms with Crippen LogP contribution < -0.4 is 0 Å². The lowest BCUT2D eigenvalue weighted by molar-refractivity contribution is -0.00950. The maximum atomic E-state index is 8.76. The summed E-state index contributed by atoms with van der Waals surface area (Å²) in [5.74, 6) is 0. The van der Waals surface area contributed by atoms with Crippen LogP contribution in [0, 0.1) is 5.41 Å². The summed E-state index contributed by atoms with van der Waals surface area (Å²) in [5, 5.41) is 32.2. The second kappa shape index (κ2) is 4.43. The first-order valence-corrected chi connectivity index (χ1v) is 2.68. The Balaban J connectivity index is 3.44. The minimum absolute atomic E-state index is 0.0850. The van der Waals surface area contributed by atoms with Crippen LogP contribution in [0.2, 0.25) is 0 Å². The van der Waals surface area contributed by atoms with E-state index in [9.17, 15) is 0 Å². The minimum Gasteiger partial charge on any atom is -0.394 e. The zero-order valence-corrected chi connectivity index (χ0v) is 4.99. The van der Waals surface area contributed by atoms with E-state index in [4.69, 9.17) is 20.7 Å². The Bertz CT molecular complexity index is 86.3. The third-order valence-corrected chi connectivity index (χ3v) is 0.991. The van der Waals surface area contributed by atoms with E-state index in [1.807, 2.05) is 0 Å². The molecule has 0 rings (SSSR count). The fraction of sp³-hybridized carbons (Fsp3) is 0.800. The fourth-order valence-electron chi connectivity index (χ4n) is 0.400. The van der Waals surface area contributed by atoms with Crippen molar-refractivity contribution in [2.75, 3.05) is 6.61 Å². The molecule has 0 aliphatic carbocycles. The van der Waals surface area contributed by atoms with Crippen LogP contribution >= 0.6 is 0 Å². The lowest BCUT2D eigenvalue weighted by atomic mass is 10.2. The van der Waals surface area contributed by atoms with E-state index in [2.05, 4.69) is 0 Å². The van der Waals surface area contributed by atoms with Crippen LogP contribution in [-0.2, 0) is 0 Å². The highest BCUT2D eigenvalue weighted by molar-refractivity contribution is 5.53. The molecular formula is C5H11NO3. The first kappa shape index (κ1) is 8.55. The van der Waals surface area contributed by atoms with Crippen LogP contribution in [0.1, 0.15) is 6.42 Å². The highest BCUT2D eigenvalue weighted by Gasteiger charge is 2.12. The molecule has 9 heavy (non-hydrogen) atoms. The van der Waals surface area contributed by atoms with E-state index < -0.39 is 18.8 Å². The maximum Gasteiger partial charge on any atom is 0.103 e. The molecule has 0 fully saturated rings. The van der Waals surface area contributed by atoms with Gasteiger partial charge in [0.15, 0.2) is 0 Å². The predicted octanol–water partition coefficient (Wildman–Crippen LogP) is -1.26. The van der Waals surface area contributed by atoms with Gasteiger partial charge in [-0.15, -0.1) is 0 Å². The van der Waals surface area contributed by atoms with Crippen LogP contribution in [0.4, 0.5) is 0 Å². The Morgan fingerprint density at radius 1 is 1.33 bits per heavy atom. The molecule has 0 aliphatic rings. The molecule has 0 aromatic rings. The SMILES string of the molecule is N=CCC(O)C(O)CO. The van der Waals surface area contributed by atoms with Gasteiger partial charge >= 0.3 is 0 Å². The second-order valence-corrected chi connectivity index (χ2v) is 1.76. The Kier molecular flexibility index (Phi) is 4.21. The number of hydrogen-bond acceptors (Lipinski definition) is 4. The molecular weight excluding hydrogens is 122 g/mol. The third-order valence-electron chi connectivity index (χ3n) is 0.991. The zero-order valence-electron chi connectivity index (χ0n) is 4.99. The molecule has 4 heteroatoms. The van der Waals surface area contributed by atoms with Crippen molar-refractivity contribution in [3.63, 3.8) is 0 Å². The standard InChI is InChI=1S/C5H11NO3/c6-2-1-4(8)5(9)3-7/h2,4-9H,1,3H2. The molecule has 2 atom stereocenters. The predicted molar refractivity (Wildman–Crippen MR) is 32.5 cm³/mol. The zero-order chi connectivity index (χ0) is 7.28. The highest BCUT2D eigenvalue weighted by atomic mass is 16.4. The average molecular weight is 133 g/mol. The monoisotopic (exact) mass is 133 g/mol. The minimum atomic E-state index is -1.12. The van der Waals surface area contributed by atoms with E-state index in [0.29, 0.717) is 0 Å². The summed E-state index contributed by atoms with van der Waals surface area (Å²) < 4.78 is 0. The van der Waals surface area contributed by atoms with Crippen molar-refractivity contribution in [2.45, 2.75) is 18.6 Å². The smallest absolute Gasteiger partial charge is 0.103 e. The van der Waals surface area contributed by atoms with Crippen molar-refractivity contribution in [1.82, 2.24) is 0 Å². The molecule has 0 aliphatic heterocycles. The van der Waals surface area contributed by atoms with Crippen LogP contribution in [0.3, 0.4) is 0 Å². The molecule has 0 spiro atoms.